The van der Waals surface area contributed by atoms with Crippen molar-refractivity contribution in [1.82, 2.24) is 0 Å². The molecule has 2 unspecified atom stereocenters. The molecule has 6 aromatic carbocycles. The summed E-state index contributed by atoms with van der Waals surface area (Å²) in [6.07, 6.45) is 18.9. The van der Waals surface area contributed by atoms with Crippen molar-refractivity contribution in [3.63, 3.8) is 0 Å². The molecular formula is C52H43N. The summed E-state index contributed by atoms with van der Waals surface area (Å²) in [6, 6.07) is 56.4. The number of nitrogens with zero attached hydrogens (tertiary/aromatic N) is 1. The smallest absolute Gasteiger partial charge is 0.0650 e. The molecule has 0 saturated heterocycles. The number of fused-ring (bicyclic) bond motifs is 1. The van der Waals surface area contributed by atoms with Crippen LogP contribution in [0.15, 0.2) is 211 Å². The average molecular weight is 682 g/mol. The molecule has 0 aliphatic heterocycles. The topological polar surface area (TPSA) is 12.4 Å². The van der Waals surface area contributed by atoms with Gasteiger partial charge < -0.3 is 0 Å². The van der Waals surface area contributed by atoms with Crippen LogP contribution in [-0.2, 0) is 13.0 Å². The second-order valence-electron chi connectivity index (χ2n) is 13.9. The van der Waals surface area contributed by atoms with E-state index in [2.05, 4.69) is 207 Å². The minimum atomic E-state index is 0.446. The summed E-state index contributed by atoms with van der Waals surface area (Å²) in [4.78, 5) is 5.12. The second kappa shape index (κ2) is 15.9. The largest absolute Gasteiger partial charge is 0.280 e. The fourth-order valence-electron chi connectivity index (χ4n) is 7.46. The van der Waals surface area contributed by atoms with E-state index in [4.69, 9.17) is 4.99 Å². The maximum atomic E-state index is 5.12. The van der Waals surface area contributed by atoms with Crippen LogP contribution < -0.4 is 0 Å². The Morgan fingerprint density at radius 3 is 1.87 bits per heavy atom. The van der Waals surface area contributed by atoms with Gasteiger partial charge >= 0.3 is 0 Å². The Morgan fingerprint density at radius 2 is 1.15 bits per heavy atom. The molecule has 2 aliphatic carbocycles. The molecule has 8 rings (SSSR count). The molecule has 0 aromatic heterocycles. The number of aliphatic imine (C=N–C) groups is 1. The van der Waals surface area contributed by atoms with Gasteiger partial charge in [-0.2, -0.15) is 0 Å². The predicted molar refractivity (Wildman–Crippen MR) is 226 cm³/mol. The second-order valence-corrected chi connectivity index (χ2v) is 13.9. The standard InChI is InChI=1S/C52H43N/c1-38-49-18-10-8-16-46(49)33-34-50(38)51-19-11-9-17-48(51)36-40-20-25-43(26-21-40)44-27-22-41(23-28-44)37-53-52(35-24-39-12-4-2-5-13-39)47-31-29-45(30-32-47)42-14-6-3-7-15-42/h2-35,46,49H,36-37H2,1H3/b35-24+,53-52?. The monoisotopic (exact) mass is 681 g/mol. The molecule has 0 radical (unpaired) electrons. The first kappa shape index (κ1) is 33.8. The van der Waals surface area contributed by atoms with E-state index in [0.29, 0.717) is 18.4 Å². The molecule has 0 heterocycles. The molecule has 6 aromatic rings. The number of allylic oxidation sites excluding steroid dienone is 9. The van der Waals surface area contributed by atoms with Crippen molar-refractivity contribution in [3.8, 4) is 22.3 Å². The van der Waals surface area contributed by atoms with Crippen LogP contribution in [0.4, 0.5) is 0 Å². The summed E-state index contributed by atoms with van der Waals surface area (Å²) in [5.41, 5.74) is 16.1. The number of hydrogen-bond acceptors (Lipinski definition) is 1. The van der Waals surface area contributed by atoms with Crippen molar-refractivity contribution in [1.29, 1.82) is 0 Å². The maximum absolute atomic E-state index is 5.12. The SMILES string of the molecule is CC1=C(c2ccccc2Cc2ccc(-c3ccc(CN=C(/C=C/c4ccccc4)c4ccc(-c5ccccc5)cc4)cc3)cc2)C=CC2C=CC=CC12. The van der Waals surface area contributed by atoms with E-state index in [9.17, 15) is 0 Å². The van der Waals surface area contributed by atoms with Crippen LogP contribution >= 0.6 is 0 Å². The molecule has 256 valence electrons. The van der Waals surface area contributed by atoms with Gasteiger partial charge in [-0.05, 0) is 80.6 Å². The molecule has 53 heavy (non-hydrogen) atoms. The Hall–Kier alpha value is -6.31. The van der Waals surface area contributed by atoms with Crippen LogP contribution in [0.25, 0.3) is 33.9 Å². The quantitative estimate of drug-likeness (QED) is 0.128. The molecule has 0 N–H and O–H groups in total. The van der Waals surface area contributed by atoms with Gasteiger partial charge in [0.1, 0.15) is 0 Å². The highest BCUT2D eigenvalue weighted by Gasteiger charge is 2.24. The van der Waals surface area contributed by atoms with Gasteiger partial charge in [-0.15, -0.1) is 0 Å². The van der Waals surface area contributed by atoms with E-state index < -0.39 is 0 Å². The number of rotatable bonds is 10. The van der Waals surface area contributed by atoms with E-state index in [1.807, 2.05) is 6.07 Å². The number of benzene rings is 6. The molecular weight excluding hydrogens is 639 g/mol. The molecule has 1 heteroatoms. The summed E-state index contributed by atoms with van der Waals surface area (Å²) in [7, 11) is 0. The lowest BCUT2D eigenvalue weighted by Gasteiger charge is -2.29. The molecule has 0 saturated carbocycles. The van der Waals surface area contributed by atoms with Crippen LogP contribution in [0.5, 0.6) is 0 Å². The van der Waals surface area contributed by atoms with E-state index in [-0.39, 0.29) is 0 Å². The first-order valence-electron chi connectivity index (χ1n) is 18.6. The summed E-state index contributed by atoms with van der Waals surface area (Å²) in [6.45, 7) is 2.91. The van der Waals surface area contributed by atoms with Crippen LogP contribution in [0.2, 0.25) is 0 Å². The molecule has 2 aliphatic rings. The molecule has 0 amide bonds. The first-order chi connectivity index (χ1) is 26.2. The van der Waals surface area contributed by atoms with E-state index in [1.54, 1.807) is 0 Å². The zero-order valence-corrected chi connectivity index (χ0v) is 30.1. The van der Waals surface area contributed by atoms with E-state index in [1.165, 1.54) is 55.7 Å². The van der Waals surface area contributed by atoms with Gasteiger partial charge in [-0.25, -0.2) is 0 Å². The lowest BCUT2D eigenvalue weighted by atomic mass is 9.75. The molecule has 2 atom stereocenters. The van der Waals surface area contributed by atoms with Gasteiger partial charge in [-0.1, -0.05) is 206 Å². The Kier molecular flexibility index (Phi) is 10.2. The van der Waals surface area contributed by atoms with Gasteiger partial charge in [0, 0.05) is 11.8 Å². The summed E-state index contributed by atoms with van der Waals surface area (Å²) < 4.78 is 0. The lowest BCUT2D eigenvalue weighted by molar-refractivity contribution is 0.627. The van der Waals surface area contributed by atoms with Gasteiger partial charge in [0.2, 0.25) is 0 Å². The maximum Gasteiger partial charge on any atom is 0.0650 e. The van der Waals surface area contributed by atoms with Crippen molar-refractivity contribution >= 4 is 17.4 Å². The third kappa shape index (κ3) is 7.96. The van der Waals surface area contributed by atoms with Crippen LogP contribution in [-0.4, -0.2) is 5.71 Å². The fourth-order valence-corrected chi connectivity index (χ4v) is 7.46. The van der Waals surface area contributed by atoms with Gasteiger partial charge in [-0.3, -0.25) is 4.99 Å². The minimum absolute atomic E-state index is 0.446. The lowest BCUT2D eigenvalue weighted by Crippen LogP contribution is -2.16. The van der Waals surface area contributed by atoms with Crippen LogP contribution in [0.3, 0.4) is 0 Å². The van der Waals surface area contributed by atoms with Crippen molar-refractivity contribution < 1.29 is 0 Å². The Morgan fingerprint density at radius 1 is 0.566 bits per heavy atom. The zero-order valence-electron chi connectivity index (χ0n) is 30.1. The average Bonchev–Trinajstić information content (AvgIpc) is 3.23. The third-order valence-corrected chi connectivity index (χ3v) is 10.5. The highest BCUT2D eigenvalue weighted by molar-refractivity contribution is 6.11. The van der Waals surface area contributed by atoms with E-state index >= 15 is 0 Å². The highest BCUT2D eigenvalue weighted by atomic mass is 14.7. The van der Waals surface area contributed by atoms with Crippen molar-refractivity contribution in [2.75, 3.05) is 0 Å². The first-order valence-corrected chi connectivity index (χ1v) is 18.6. The van der Waals surface area contributed by atoms with Crippen molar-refractivity contribution in [3.05, 3.63) is 239 Å². The molecule has 1 nitrogen and oxygen atoms in total. The van der Waals surface area contributed by atoms with Crippen molar-refractivity contribution in [2.45, 2.75) is 19.9 Å². The van der Waals surface area contributed by atoms with Gasteiger partial charge in [0.05, 0.1) is 12.3 Å². The van der Waals surface area contributed by atoms with Gasteiger partial charge in [0.25, 0.3) is 0 Å². The molecule has 0 fully saturated rings. The Labute approximate surface area is 314 Å². The molecule has 0 spiro atoms. The summed E-state index contributed by atoms with van der Waals surface area (Å²) >= 11 is 0. The van der Waals surface area contributed by atoms with Crippen LogP contribution in [0.1, 0.15) is 40.3 Å². The molecule has 0 bridgehead atoms. The third-order valence-electron chi connectivity index (χ3n) is 10.5. The number of hydrogen-bond donors (Lipinski definition) is 0. The normalized spacial score (nSPS) is 16.7. The zero-order chi connectivity index (χ0) is 35.8. The summed E-state index contributed by atoms with van der Waals surface area (Å²) in [5, 5.41) is 0. The summed E-state index contributed by atoms with van der Waals surface area (Å²) in [5.74, 6) is 0.912. The van der Waals surface area contributed by atoms with Gasteiger partial charge in [0.15, 0.2) is 0 Å². The Balaban J connectivity index is 0.971. The van der Waals surface area contributed by atoms with Crippen LogP contribution in [0, 0.1) is 11.8 Å². The predicted octanol–water partition coefficient (Wildman–Crippen LogP) is 13.0. The highest BCUT2D eigenvalue weighted by Crippen LogP contribution is 2.39. The van der Waals surface area contributed by atoms with Crippen molar-refractivity contribution in [2.24, 2.45) is 16.8 Å². The fraction of sp³-hybridized carbons (Fsp3) is 0.0962. The minimum Gasteiger partial charge on any atom is -0.280 e. The Bertz CT molecular complexity index is 2350. The van der Waals surface area contributed by atoms with E-state index in [0.717, 1.165) is 23.3 Å².